The maximum atomic E-state index is 11.4. The van der Waals surface area contributed by atoms with E-state index in [2.05, 4.69) is 19.2 Å². The molecule has 0 saturated carbocycles. The van der Waals surface area contributed by atoms with Crippen LogP contribution >= 0.6 is 0 Å². The molecule has 0 fully saturated rings. The van der Waals surface area contributed by atoms with Crippen LogP contribution in [0.25, 0.3) is 0 Å². The molecule has 0 atom stereocenters. The summed E-state index contributed by atoms with van der Waals surface area (Å²) in [6, 6.07) is 7.37. The minimum Gasteiger partial charge on any atom is -0.351 e. The number of nitrogens with zero attached hydrogens (tertiary/aromatic N) is 1. The summed E-state index contributed by atoms with van der Waals surface area (Å²) in [7, 11) is 1.79. The molecule has 3 N–H and O–H groups in total. The van der Waals surface area contributed by atoms with Crippen LogP contribution in [0.4, 0.5) is 10.5 Å². The van der Waals surface area contributed by atoms with E-state index >= 15 is 0 Å². The number of anilines is 1. The van der Waals surface area contributed by atoms with Gasteiger partial charge in [0.2, 0.25) is 0 Å². The second-order valence-corrected chi connectivity index (χ2v) is 3.99. The van der Waals surface area contributed by atoms with Crippen LogP contribution in [-0.4, -0.2) is 19.7 Å². The molecular weight excluding hydrogens is 202 g/mol. The Morgan fingerprint density at radius 2 is 2.06 bits per heavy atom. The third-order valence-corrected chi connectivity index (χ3v) is 2.43. The summed E-state index contributed by atoms with van der Waals surface area (Å²) in [5.41, 5.74) is 7.37. The molecular formula is C12H19N3O. The zero-order valence-electron chi connectivity index (χ0n) is 10.0. The molecule has 0 heterocycles. The molecule has 0 saturated heterocycles. The van der Waals surface area contributed by atoms with Crippen LogP contribution in [0.15, 0.2) is 24.3 Å². The maximum Gasteiger partial charge on any atom is 0.320 e. The molecule has 0 unspecified atom stereocenters. The Labute approximate surface area is 96.4 Å². The number of hydrogen-bond donors (Lipinski definition) is 2. The smallest absolute Gasteiger partial charge is 0.320 e. The molecule has 4 nitrogen and oxygen atoms in total. The highest BCUT2D eigenvalue weighted by molar-refractivity contribution is 5.91. The van der Waals surface area contributed by atoms with Gasteiger partial charge in [0.05, 0.1) is 12.4 Å². The molecule has 2 amide bonds. The Balaban J connectivity index is 3.12. The van der Waals surface area contributed by atoms with E-state index in [4.69, 9.17) is 5.73 Å². The number of benzene rings is 1. The number of rotatable bonds is 4. The van der Waals surface area contributed by atoms with Crippen molar-refractivity contribution in [3.8, 4) is 0 Å². The third-order valence-electron chi connectivity index (χ3n) is 2.43. The second-order valence-electron chi connectivity index (χ2n) is 3.99. The lowest BCUT2D eigenvalue weighted by atomic mass is 10.0. The zero-order chi connectivity index (χ0) is 12.1. The number of para-hydroxylation sites is 1. The largest absolute Gasteiger partial charge is 0.351 e. The van der Waals surface area contributed by atoms with E-state index in [9.17, 15) is 4.79 Å². The average Bonchev–Trinajstić information content (AvgIpc) is 2.25. The van der Waals surface area contributed by atoms with Crippen LogP contribution in [0.3, 0.4) is 0 Å². The van der Waals surface area contributed by atoms with Crippen LogP contribution in [0, 0.1) is 0 Å². The predicted octanol–water partition coefficient (Wildman–Crippen LogP) is 1.87. The molecule has 16 heavy (non-hydrogen) atoms. The quantitative estimate of drug-likeness (QED) is 0.762. The summed E-state index contributed by atoms with van der Waals surface area (Å²) in [4.78, 5) is 12.9. The van der Waals surface area contributed by atoms with Crippen molar-refractivity contribution in [1.82, 2.24) is 5.32 Å². The first-order chi connectivity index (χ1) is 7.57. The molecule has 0 aliphatic carbocycles. The van der Waals surface area contributed by atoms with Crippen LogP contribution in [0.5, 0.6) is 0 Å². The number of hydrogen-bond acceptors (Lipinski definition) is 2. The Morgan fingerprint density at radius 3 is 2.56 bits per heavy atom. The van der Waals surface area contributed by atoms with E-state index in [0.29, 0.717) is 12.6 Å². The number of amides is 2. The van der Waals surface area contributed by atoms with Gasteiger partial charge in [0.15, 0.2) is 0 Å². The minimum absolute atomic E-state index is 0.356. The molecule has 4 heteroatoms. The van der Waals surface area contributed by atoms with Gasteiger partial charge in [-0.3, -0.25) is 4.90 Å². The van der Waals surface area contributed by atoms with E-state index in [0.717, 1.165) is 11.3 Å². The van der Waals surface area contributed by atoms with Crippen LogP contribution < -0.4 is 16.0 Å². The van der Waals surface area contributed by atoms with Gasteiger partial charge in [-0.05, 0) is 24.6 Å². The molecule has 0 aromatic heterocycles. The Kier molecular flexibility index (Phi) is 4.31. The molecule has 1 rings (SSSR count). The minimum atomic E-state index is -0.442. The lowest BCUT2D eigenvalue weighted by Gasteiger charge is -2.24. The average molecular weight is 221 g/mol. The summed E-state index contributed by atoms with van der Waals surface area (Å²) in [6.07, 6.45) is 0. The van der Waals surface area contributed by atoms with E-state index in [1.807, 2.05) is 24.3 Å². The molecule has 1 aromatic rings. The third kappa shape index (κ3) is 2.73. The van der Waals surface area contributed by atoms with Gasteiger partial charge in [0.25, 0.3) is 0 Å². The number of carbonyl (C=O) groups is 1. The molecule has 0 aliphatic heterocycles. The standard InChI is InChI=1S/C12H19N3O/c1-9(2)10-6-4-5-7-11(10)15(8-14-3)12(13)16/h4-7,9,14H,8H2,1-3H3,(H2,13,16). The fraction of sp³-hybridized carbons (Fsp3) is 0.417. The SMILES string of the molecule is CNCN(C(N)=O)c1ccccc1C(C)C. The molecule has 0 radical (unpaired) electrons. The number of nitrogens with two attached hydrogens (primary N) is 1. The summed E-state index contributed by atoms with van der Waals surface area (Å²) < 4.78 is 0. The van der Waals surface area contributed by atoms with E-state index in [1.54, 1.807) is 7.05 Å². The summed E-state index contributed by atoms with van der Waals surface area (Å²) in [5, 5.41) is 2.94. The van der Waals surface area contributed by atoms with Crippen LogP contribution in [0.2, 0.25) is 0 Å². The predicted molar refractivity (Wildman–Crippen MR) is 66.5 cm³/mol. The normalized spacial score (nSPS) is 10.5. The van der Waals surface area contributed by atoms with Gasteiger partial charge in [-0.2, -0.15) is 0 Å². The van der Waals surface area contributed by atoms with Crippen molar-refractivity contribution >= 4 is 11.7 Å². The van der Waals surface area contributed by atoms with E-state index in [-0.39, 0.29) is 0 Å². The van der Waals surface area contributed by atoms with Crippen LogP contribution in [-0.2, 0) is 0 Å². The first kappa shape index (κ1) is 12.5. The topological polar surface area (TPSA) is 58.4 Å². The van der Waals surface area contributed by atoms with Crippen molar-refractivity contribution in [2.45, 2.75) is 19.8 Å². The van der Waals surface area contributed by atoms with Crippen molar-refractivity contribution in [3.05, 3.63) is 29.8 Å². The van der Waals surface area contributed by atoms with E-state index in [1.165, 1.54) is 4.90 Å². The van der Waals surface area contributed by atoms with Crippen molar-refractivity contribution in [2.24, 2.45) is 5.73 Å². The Hall–Kier alpha value is -1.55. The lowest BCUT2D eigenvalue weighted by Crippen LogP contribution is -2.41. The number of primary amides is 1. The summed E-state index contributed by atoms with van der Waals surface area (Å²) >= 11 is 0. The van der Waals surface area contributed by atoms with Crippen molar-refractivity contribution in [1.29, 1.82) is 0 Å². The monoisotopic (exact) mass is 221 g/mol. The van der Waals surface area contributed by atoms with Crippen LogP contribution in [0.1, 0.15) is 25.3 Å². The first-order valence-electron chi connectivity index (χ1n) is 5.38. The fourth-order valence-electron chi connectivity index (χ4n) is 1.66. The van der Waals surface area contributed by atoms with Gasteiger partial charge in [-0.25, -0.2) is 4.79 Å². The highest BCUT2D eigenvalue weighted by Crippen LogP contribution is 2.26. The fourth-order valence-corrected chi connectivity index (χ4v) is 1.66. The highest BCUT2D eigenvalue weighted by Gasteiger charge is 2.16. The summed E-state index contributed by atoms with van der Waals surface area (Å²) in [5.74, 6) is 0.356. The first-order valence-corrected chi connectivity index (χ1v) is 5.38. The number of urea groups is 1. The van der Waals surface area contributed by atoms with Gasteiger partial charge < -0.3 is 11.1 Å². The number of nitrogens with one attached hydrogen (secondary N) is 1. The Bertz CT molecular complexity index is 363. The van der Waals surface area contributed by atoms with Gasteiger partial charge in [0, 0.05) is 0 Å². The van der Waals surface area contributed by atoms with Gasteiger partial charge in [0.1, 0.15) is 0 Å². The molecule has 88 valence electrons. The maximum absolute atomic E-state index is 11.4. The Morgan fingerprint density at radius 1 is 1.44 bits per heavy atom. The van der Waals surface area contributed by atoms with Crippen molar-refractivity contribution in [2.75, 3.05) is 18.6 Å². The molecule has 0 spiro atoms. The number of carbonyl (C=O) groups excluding carboxylic acids is 1. The van der Waals surface area contributed by atoms with Crippen molar-refractivity contribution in [3.63, 3.8) is 0 Å². The highest BCUT2D eigenvalue weighted by atomic mass is 16.2. The van der Waals surface area contributed by atoms with Crippen molar-refractivity contribution < 1.29 is 4.79 Å². The lowest BCUT2D eigenvalue weighted by molar-refractivity contribution is 0.253. The van der Waals surface area contributed by atoms with Gasteiger partial charge in [-0.1, -0.05) is 32.0 Å². The zero-order valence-corrected chi connectivity index (χ0v) is 10.0. The van der Waals surface area contributed by atoms with E-state index < -0.39 is 6.03 Å². The van der Waals surface area contributed by atoms with Gasteiger partial charge >= 0.3 is 6.03 Å². The second kappa shape index (κ2) is 5.51. The molecule has 1 aromatic carbocycles. The molecule has 0 bridgehead atoms. The van der Waals surface area contributed by atoms with Gasteiger partial charge in [-0.15, -0.1) is 0 Å². The molecule has 0 aliphatic rings. The summed E-state index contributed by atoms with van der Waals surface area (Å²) in [6.45, 7) is 4.60.